The van der Waals surface area contributed by atoms with Crippen molar-refractivity contribution >= 4 is 23.9 Å². The summed E-state index contributed by atoms with van der Waals surface area (Å²) in [6.45, 7) is 10.4. The largest absolute Gasteiger partial charge is 0.463 e. The summed E-state index contributed by atoms with van der Waals surface area (Å²) in [4.78, 5) is 30.8. The lowest BCUT2D eigenvalue weighted by molar-refractivity contribution is -0.259. The van der Waals surface area contributed by atoms with Gasteiger partial charge in [0.15, 0.2) is 0 Å². The monoisotopic (exact) mass is 562 g/mol. The van der Waals surface area contributed by atoms with Gasteiger partial charge in [-0.3, -0.25) is 0 Å². The van der Waals surface area contributed by atoms with Crippen molar-refractivity contribution in [1.29, 1.82) is 0 Å². The molecule has 0 bridgehead atoms. The number of nitrogens with zero attached hydrogens (tertiary/aromatic N) is 4. The molecule has 0 aliphatic rings. The van der Waals surface area contributed by atoms with E-state index in [2.05, 4.69) is 14.7 Å². The molecule has 0 atom stereocenters. The molecule has 37 heavy (non-hydrogen) atoms. The zero-order chi connectivity index (χ0) is 29.9. The fourth-order valence-corrected chi connectivity index (χ4v) is 3.01. The molecule has 0 aromatic carbocycles. The van der Waals surface area contributed by atoms with Gasteiger partial charge in [0.25, 0.3) is 11.8 Å². The molecule has 0 spiro atoms. The minimum Gasteiger partial charge on any atom is -0.415 e. The number of ether oxygens (including phenoxy) is 1. The van der Waals surface area contributed by atoms with E-state index < -0.39 is 72.2 Å². The lowest BCUT2D eigenvalue weighted by Crippen LogP contribution is -2.52. The molecule has 0 saturated heterocycles. The summed E-state index contributed by atoms with van der Waals surface area (Å²) < 4.78 is 139. The van der Waals surface area contributed by atoms with Crippen LogP contribution in [0.3, 0.4) is 0 Å². The van der Waals surface area contributed by atoms with E-state index in [9.17, 15) is 53.5 Å². The number of amides is 4. The highest BCUT2D eigenvalue weighted by Crippen LogP contribution is 2.41. The molecule has 0 aromatic rings. The Balaban J connectivity index is 7.23. The third-order valence-corrected chi connectivity index (χ3v) is 4.50. The van der Waals surface area contributed by atoms with E-state index in [-0.39, 0.29) is 0 Å². The molecule has 0 unspecified atom stereocenters. The summed E-state index contributed by atoms with van der Waals surface area (Å²) in [6, 6.07) is -7.25. The van der Waals surface area contributed by atoms with Crippen LogP contribution in [-0.2, 0) is 4.74 Å². The Bertz CT molecular complexity index is 793. The summed E-state index contributed by atoms with van der Waals surface area (Å²) in [6.07, 6.45) is -13.3. The number of rotatable bonds is 6. The van der Waals surface area contributed by atoms with E-state index >= 15 is 0 Å². The van der Waals surface area contributed by atoms with Gasteiger partial charge in [-0.1, -0.05) is 0 Å². The number of carbonyl (C=O) groups excluding carboxylic acids is 2. The van der Waals surface area contributed by atoms with Crippen LogP contribution in [0.2, 0.25) is 0 Å². The maximum atomic E-state index is 14.2. The van der Waals surface area contributed by atoms with Gasteiger partial charge in [-0.15, -0.1) is 0 Å². The Hall–Kier alpha value is -2.62. The molecule has 0 saturated carbocycles. The van der Waals surface area contributed by atoms with Crippen molar-refractivity contribution in [2.75, 3.05) is 0 Å². The smallest absolute Gasteiger partial charge is 0.415 e. The average Bonchev–Trinajstić information content (AvgIpc) is 2.63. The van der Waals surface area contributed by atoms with Crippen LogP contribution in [0.25, 0.3) is 0 Å². The van der Waals surface area contributed by atoms with E-state index in [0.717, 1.165) is 0 Å². The molecular weight excluding hydrogens is 534 g/mol. The molecule has 216 valence electrons. The van der Waals surface area contributed by atoms with Gasteiger partial charge in [-0.05, 0) is 55.4 Å². The SMILES string of the molecule is CC(C)N(C(=O)/N=C(\O/C(=N\C(=O)N(C(C)C)C(C)C)C(F)(F)C(F)(F)F)C(F)(F)C(F)(F)F)C(C)C. The minimum absolute atomic E-state index is 0.624. The van der Waals surface area contributed by atoms with Gasteiger partial charge in [0.05, 0.1) is 0 Å². The highest BCUT2D eigenvalue weighted by Gasteiger charge is 2.68. The topological polar surface area (TPSA) is 74.6 Å². The third-order valence-electron chi connectivity index (χ3n) is 4.50. The molecule has 4 amide bonds. The van der Waals surface area contributed by atoms with E-state index in [1.807, 2.05) is 0 Å². The van der Waals surface area contributed by atoms with E-state index in [1.54, 1.807) is 0 Å². The second-order valence-corrected chi connectivity index (χ2v) is 8.83. The average molecular weight is 562 g/mol. The maximum Gasteiger partial charge on any atom is 0.463 e. The molecule has 0 heterocycles. The van der Waals surface area contributed by atoms with Gasteiger partial charge >= 0.3 is 36.3 Å². The molecular formula is C20H28F10N4O3. The van der Waals surface area contributed by atoms with Crippen LogP contribution in [0.4, 0.5) is 53.5 Å². The van der Waals surface area contributed by atoms with Crippen LogP contribution in [-0.4, -0.2) is 82.0 Å². The van der Waals surface area contributed by atoms with E-state index in [4.69, 9.17) is 0 Å². The van der Waals surface area contributed by atoms with Crippen molar-refractivity contribution in [2.45, 2.75) is 104 Å². The van der Waals surface area contributed by atoms with Crippen molar-refractivity contribution < 1.29 is 58.2 Å². The number of alkyl halides is 10. The lowest BCUT2D eigenvalue weighted by atomic mass is 10.2. The molecule has 0 rings (SSSR count). The Morgan fingerprint density at radius 1 is 0.541 bits per heavy atom. The van der Waals surface area contributed by atoms with E-state index in [0.29, 0.717) is 9.80 Å². The van der Waals surface area contributed by atoms with Crippen LogP contribution < -0.4 is 0 Å². The predicted octanol–water partition coefficient (Wildman–Crippen LogP) is 6.67. The second kappa shape index (κ2) is 11.8. The molecule has 0 fully saturated rings. The second-order valence-electron chi connectivity index (χ2n) is 8.83. The van der Waals surface area contributed by atoms with Gasteiger partial charge < -0.3 is 14.5 Å². The first kappa shape index (κ1) is 34.4. The standard InChI is InChI=1S/C20H28F10N4O3/c1-9(2)33(10(3)4)15(35)31-13(17(21,22)19(25,26)27)37-14(18(23,24)20(28,29)30)32-16(36)34(11(5)6)12(7)8/h9-12H,1-8H3/b31-13-,32-14-. The first-order chi connectivity index (χ1) is 16.3. The Labute approximate surface area is 206 Å². The summed E-state index contributed by atoms with van der Waals surface area (Å²) in [5.41, 5.74) is 0. The first-order valence-corrected chi connectivity index (χ1v) is 10.7. The summed E-state index contributed by atoms with van der Waals surface area (Å²) in [7, 11) is 0. The summed E-state index contributed by atoms with van der Waals surface area (Å²) >= 11 is 0. The number of hydrogen-bond donors (Lipinski definition) is 0. The predicted molar refractivity (Wildman–Crippen MR) is 113 cm³/mol. The van der Waals surface area contributed by atoms with Crippen molar-refractivity contribution in [3.8, 4) is 0 Å². The van der Waals surface area contributed by atoms with Gasteiger partial charge in [-0.2, -0.15) is 53.9 Å². The molecule has 0 radical (unpaired) electrons. The van der Waals surface area contributed by atoms with Crippen molar-refractivity contribution in [1.82, 2.24) is 9.80 Å². The molecule has 0 N–H and O–H groups in total. The van der Waals surface area contributed by atoms with Crippen molar-refractivity contribution in [2.24, 2.45) is 9.98 Å². The number of urea groups is 2. The van der Waals surface area contributed by atoms with Crippen LogP contribution in [0.15, 0.2) is 9.98 Å². The van der Waals surface area contributed by atoms with Crippen molar-refractivity contribution in [3.63, 3.8) is 0 Å². The van der Waals surface area contributed by atoms with Crippen LogP contribution >= 0.6 is 0 Å². The summed E-state index contributed by atoms with van der Waals surface area (Å²) in [5, 5.41) is 0. The Morgan fingerprint density at radius 2 is 0.757 bits per heavy atom. The van der Waals surface area contributed by atoms with Gasteiger partial charge in [0.2, 0.25) is 0 Å². The molecule has 7 nitrogen and oxygen atoms in total. The number of hydrogen-bond acceptors (Lipinski definition) is 3. The van der Waals surface area contributed by atoms with E-state index in [1.165, 1.54) is 55.4 Å². The first-order valence-electron chi connectivity index (χ1n) is 10.7. The number of halogens is 10. The Morgan fingerprint density at radius 3 is 0.919 bits per heavy atom. The highest BCUT2D eigenvalue weighted by molar-refractivity contribution is 6.05. The molecule has 0 aliphatic carbocycles. The lowest BCUT2D eigenvalue weighted by Gasteiger charge is -2.31. The third kappa shape index (κ3) is 8.18. The fourth-order valence-electron chi connectivity index (χ4n) is 3.01. The van der Waals surface area contributed by atoms with Crippen LogP contribution in [0.1, 0.15) is 55.4 Å². The maximum absolute atomic E-state index is 14.2. The van der Waals surface area contributed by atoms with Gasteiger partial charge in [0.1, 0.15) is 0 Å². The molecule has 0 aromatic heterocycles. The zero-order valence-corrected chi connectivity index (χ0v) is 21.1. The van der Waals surface area contributed by atoms with Crippen LogP contribution in [0, 0.1) is 0 Å². The number of carbonyl (C=O) groups is 2. The minimum atomic E-state index is -6.66. The molecule has 0 aliphatic heterocycles. The van der Waals surface area contributed by atoms with Gasteiger partial charge in [0, 0.05) is 24.2 Å². The quantitative estimate of drug-likeness (QED) is 0.206. The van der Waals surface area contributed by atoms with Gasteiger partial charge in [-0.25, -0.2) is 9.59 Å². The zero-order valence-electron chi connectivity index (χ0n) is 21.1. The van der Waals surface area contributed by atoms with Crippen LogP contribution in [0.5, 0.6) is 0 Å². The van der Waals surface area contributed by atoms with Crippen molar-refractivity contribution in [3.05, 3.63) is 0 Å². The molecule has 17 heteroatoms. The number of aliphatic imine (C=N–C) groups is 2. The summed E-state index contributed by atoms with van der Waals surface area (Å²) in [5.74, 6) is -19.0. The normalized spacial score (nSPS) is 14.6. The fraction of sp³-hybridized carbons (Fsp3) is 0.800. The Kier molecular flexibility index (Phi) is 11.0. The highest BCUT2D eigenvalue weighted by atomic mass is 19.4.